The molecule has 0 bridgehead atoms. The van der Waals surface area contributed by atoms with Crippen molar-refractivity contribution < 1.29 is 0 Å². The number of hydrogen-bond acceptors (Lipinski definition) is 5. The molecule has 6 rings (SSSR count). The van der Waals surface area contributed by atoms with Crippen LogP contribution in [0.5, 0.6) is 0 Å². The number of benzene rings is 2. The van der Waals surface area contributed by atoms with Crippen molar-refractivity contribution >= 4 is 21.6 Å². The van der Waals surface area contributed by atoms with E-state index in [2.05, 4.69) is 56.6 Å². The van der Waals surface area contributed by atoms with Gasteiger partial charge in [-0.2, -0.15) is 0 Å². The topological polar surface area (TPSA) is 88.1 Å². The quantitative estimate of drug-likeness (QED) is 0.268. The fourth-order valence-corrected chi connectivity index (χ4v) is 6.29. The van der Waals surface area contributed by atoms with Crippen LogP contribution in [0.1, 0.15) is 46.9 Å². The first-order valence-corrected chi connectivity index (χ1v) is 14.3. The zero-order valence-electron chi connectivity index (χ0n) is 22.1. The van der Waals surface area contributed by atoms with Gasteiger partial charge in [0.1, 0.15) is 15.7 Å². The van der Waals surface area contributed by atoms with E-state index in [1.165, 1.54) is 0 Å². The van der Waals surface area contributed by atoms with Gasteiger partial charge >= 0.3 is 0 Å². The van der Waals surface area contributed by atoms with Gasteiger partial charge in [-0.15, -0.1) is 0 Å². The summed E-state index contributed by atoms with van der Waals surface area (Å²) in [6.45, 7) is 2.03. The molecule has 198 valence electrons. The molecule has 0 saturated heterocycles. The Hall–Kier alpha value is -3.78. The van der Waals surface area contributed by atoms with Crippen molar-refractivity contribution in [2.75, 3.05) is 0 Å². The monoisotopic (exact) mass is 582 g/mol. The predicted octanol–water partition coefficient (Wildman–Crippen LogP) is 3.80. The Morgan fingerprint density at radius 1 is 1.10 bits per heavy atom. The lowest BCUT2D eigenvalue weighted by molar-refractivity contribution is 0.465. The van der Waals surface area contributed by atoms with Crippen molar-refractivity contribution in [1.29, 1.82) is 5.41 Å². The first-order chi connectivity index (χ1) is 18.9. The fraction of sp³-hybridized carbons (Fsp3) is 0.290. The zero-order valence-corrected chi connectivity index (χ0v) is 23.6. The third kappa shape index (κ3) is 4.78. The smallest absolute Gasteiger partial charge is 0.265 e. The molecule has 8 heteroatoms. The number of pyridine rings is 1. The lowest BCUT2D eigenvalue weighted by atomic mass is 10.1. The van der Waals surface area contributed by atoms with E-state index in [0.717, 1.165) is 52.9 Å². The Morgan fingerprint density at radius 2 is 1.87 bits per heavy atom. The van der Waals surface area contributed by atoms with Gasteiger partial charge in [0.2, 0.25) is 5.62 Å². The third-order valence-electron chi connectivity index (χ3n) is 7.81. The number of aryl methyl sites for hydroxylation is 1. The summed E-state index contributed by atoms with van der Waals surface area (Å²) < 4.78 is 3.60. The van der Waals surface area contributed by atoms with Gasteiger partial charge in [-0.25, -0.2) is 4.99 Å². The molecule has 1 unspecified atom stereocenters. The number of nitrogens with zero attached hydrogens (tertiary/aromatic N) is 4. The Balaban J connectivity index is 1.43. The molecule has 2 aliphatic rings. The SMILES string of the molecule is Cc1ccc(-c2ccc(C(Br)N/C(Cc3ccccc3)=c3/c(=O)n(C)c4n(c3=N)[C@H]3CCC[C@H]3N=4)cc2)nc1. The van der Waals surface area contributed by atoms with Gasteiger partial charge in [-0.1, -0.05) is 76.6 Å². The maximum atomic E-state index is 13.7. The Labute approximate surface area is 235 Å². The molecule has 0 spiro atoms. The minimum Gasteiger partial charge on any atom is -0.371 e. The molecule has 3 heterocycles. The van der Waals surface area contributed by atoms with Crippen molar-refractivity contribution in [1.82, 2.24) is 19.4 Å². The molecule has 7 nitrogen and oxygen atoms in total. The minimum atomic E-state index is -0.262. The van der Waals surface area contributed by atoms with Crippen molar-refractivity contribution in [2.24, 2.45) is 12.0 Å². The lowest BCUT2D eigenvalue weighted by Gasteiger charge is -2.19. The van der Waals surface area contributed by atoms with E-state index in [1.807, 2.05) is 54.1 Å². The maximum Gasteiger partial charge on any atom is 0.265 e. The van der Waals surface area contributed by atoms with Gasteiger partial charge in [-0.3, -0.25) is 24.3 Å². The number of alkyl halides is 1. The second-order valence-electron chi connectivity index (χ2n) is 10.4. The molecule has 2 aromatic carbocycles. The number of fused-ring (bicyclic) bond motifs is 3. The summed E-state index contributed by atoms with van der Waals surface area (Å²) in [7, 11) is 1.77. The lowest BCUT2D eigenvalue weighted by Crippen LogP contribution is -2.59. The number of rotatable bonds is 6. The summed E-state index contributed by atoms with van der Waals surface area (Å²) in [6, 6.07) is 22.7. The van der Waals surface area contributed by atoms with Crippen LogP contribution in [-0.2, 0) is 13.5 Å². The van der Waals surface area contributed by atoms with E-state index in [0.29, 0.717) is 17.3 Å². The molecule has 1 aliphatic carbocycles. The molecular formula is C31H31BrN6O. The van der Waals surface area contributed by atoms with Crippen LogP contribution in [0, 0.1) is 12.3 Å². The molecule has 1 fully saturated rings. The van der Waals surface area contributed by atoms with Crippen LogP contribution in [0.3, 0.4) is 0 Å². The van der Waals surface area contributed by atoms with Gasteiger partial charge in [0, 0.05) is 30.9 Å². The van der Waals surface area contributed by atoms with Crippen molar-refractivity contribution in [3.05, 3.63) is 116 Å². The van der Waals surface area contributed by atoms with Crippen LogP contribution in [0.4, 0.5) is 0 Å². The Bertz CT molecular complexity index is 1760. The summed E-state index contributed by atoms with van der Waals surface area (Å²) in [4.78, 5) is 22.8. The van der Waals surface area contributed by atoms with Gasteiger partial charge in [0.05, 0.1) is 17.8 Å². The minimum absolute atomic E-state index is 0.152. The highest BCUT2D eigenvalue weighted by Gasteiger charge is 2.35. The van der Waals surface area contributed by atoms with Crippen molar-refractivity contribution in [3.8, 4) is 11.3 Å². The van der Waals surface area contributed by atoms with Gasteiger partial charge in [0.25, 0.3) is 5.56 Å². The summed E-state index contributed by atoms with van der Waals surface area (Å²) in [5, 5.41) is 13.2. The molecular weight excluding hydrogens is 552 g/mol. The molecule has 4 aromatic rings. The Morgan fingerprint density at radius 3 is 2.59 bits per heavy atom. The average Bonchev–Trinajstić information content (AvgIpc) is 3.55. The van der Waals surface area contributed by atoms with E-state index >= 15 is 0 Å². The molecule has 0 radical (unpaired) electrons. The maximum absolute atomic E-state index is 13.7. The number of hydrogen-bond donors (Lipinski definition) is 2. The van der Waals surface area contributed by atoms with E-state index in [1.54, 1.807) is 11.6 Å². The van der Waals surface area contributed by atoms with E-state index in [-0.39, 0.29) is 28.1 Å². The molecule has 1 saturated carbocycles. The Kier molecular flexibility index (Phi) is 6.81. The average molecular weight is 584 g/mol. The molecule has 1 aliphatic heterocycles. The molecule has 0 amide bonds. The summed E-state index contributed by atoms with van der Waals surface area (Å²) in [5.41, 5.74) is 6.54. The first kappa shape index (κ1) is 25.5. The molecule has 2 N–H and O–H groups in total. The standard InChI is InChI=1S/C31H31BrN6O/c1-19-11-16-23(34-18-19)21-12-14-22(15-13-21)28(32)35-25(17-20-7-4-3-5-8-20)27-29(33)38-26-10-6-9-24(26)36-31(38)37(2)30(27)39/h3-5,7-8,11-16,18,24,26,28,33,35H,6,9-10,17H2,1-2H3/b27-25+,33-29?/t24-,26+,28?/m1/s1. The fourth-order valence-electron chi connectivity index (χ4n) is 5.71. The molecule has 2 aromatic heterocycles. The summed E-state index contributed by atoms with van der Waals surface area (Å²) in [6.07, 6.45) is 5.46. The predicted molar refractivity (Wildman–Crippen MR) is 156 cm³/mol. The first-order valence-electron chi connectivity index (χ1n) is 13.4. The normalized spacial score (nSPS) is 19.2. The van der Waals surface area contributed by atoms with Gasteiger partial charge in [-0.05, 0) is 48.9 Å². The number of halogens is 1. The largest absolute Gasteiger partial charge is 0.371 e. The van der Waals surface area contributed by atoms with E-state index in [9.17, 15) is 10.2 Å². The van der Waals surface area contributed by atoms with Crippen LogP contribution in [0.2, 0.25) is 0 Å². The second-order valence-corrected chi connectivity index (χ2v) is 11.4. The zero-order chi connectivity index (χ0) is 27.1. The number of nitrogens with one attached hydrogen (secondary N) is 2. The van der Waals surface area contributed by atoms with Gasteiger partial charge in [0.15, 0.2) is 0 Å². The van der Waals surface area contributed by atoms with Crippen LogP contribution in [-0.4, -0.2) is 20.2 Å². The van der Waals surface area contributed by atoms with Crippen molar-refractivity contribution in [2.45, 2.75) is 49.6 Å². The van der Waals surface area contributed by atoms with Crippen LogP contribution in [0.15, 0.2) is 82.7 Å². The summed E-state index contributed by atoms with van der Waals surface area (Å²) >= 11 is 3.82. The highest BCUT2D eigenvalue weighted by atomic mass is 79.9. The third-order valence-corrected chi connectivity index (χ3v) is 8.56. The van der Waals surface area contributed by atoms with Gasteiger partial charge < -0.3 is 5.32 Å². The van der Waals surface area contributed by atoms with E-state index in [4.69, 9.17) is 4.99 Å². The summed E-state index contributed by atoms with van der Waals surface area (Å²) in [5.74, 6) is 0. The number of aromatic nitrogens is 3. The van der Waals surface area contributed by atoms with Crippen LogP contribution in [0.25, 0.3) is 17.0 Å². The highest BCUT2D eigenvalue weighted by Crippen LogP contribution is 2.32. The van der Waals surface area contributed by atoms with E-state index < -0.39 is 0 Å². The van der Waals surface area contributed by atoms with Crippen molar-refractivity contribution in [3.63, 3.8) is 0 Å². The molecule has 3 atom stereocenters. The van der Waals surface area contributed by atoms with Crippen LogP contribution >= 0.6 is 15.9 Å². The molecule has 39 heavy (non-hydrogen) atoms. The van der Waals surface area contributed by atoms with Crippen LogP contribution < -0.4 is 27.2 Å². The highest BCUT2D eigenvalue weighted by molar-refractivity contribution is 9.09. The second kappa shape index (κ2) is 10.4.